The average molecular weight is 156 g/mol. The average Bonchev–Trinajstić information content (AvgIpc) is 2.07. The zero-order valence-corrected chi connectivity index (χ0v) is 6.33. The molecule has 0 aromatic heterocycles. The van der Waals surface area contributed by atoms with Crippen LogP contribution in [0.2, 0.25) is 0 Å². The maximum absolute atomic E-state index is 10.9. The molecule has 11 heavy (non-hydrogen) atoms. The van der Waals surface area contributed by atoms with Crippen molar-refractivity contribution in [3.8, 4) is 0 Å². The predicted molar refractivity (Wildman–Crippen MR) is 37.3 cm³/mol. The summed E-state index contributed by atoms with van der Waals surface area (Å²) in [6.45, 7) is 1.60. The van der Waals surface area contributed by atoms with Gasteiger partial charge in [-0.3, -0.25) is 9.69 Å². The van der Waals surface area contributed by atoms with Crippen LogP contribution in [0.3, 0.4) is 0 Å². The highest BCUT2D eigenvalue weighted by atomic mass is 16.6. The monoisotopic (exact) mass is 156 g/mol. The fraction of sp³-hybridized carbons (Fsp3) is 0.500. The number of ketones is 1. The number of carbonyl (C=O) groups excluding carboxylic acids is 1. The van der Waals surface area contributed by atoms with E-state index in [-0.39, 0.29) is 23.7 Å². The van der Waals surface area contributed by atoms with Crippen molar-refractivity contribution in [1.82, 2.24) is 4.90 Å². The fourth-order valence-corrected chi connectivity index (χ4v) is 1.10. The number of Topliss-reactive ketones (excluding diaryl/α,β-unsaturated/α-hetero) is 1. The summed E-state index contributed by atoms with van der Waals surface area (Å²) in [7, 11) is 1.53. The first-order chi connectivity index (χ1) is 5.04. The van der Waals surface area contributed by atoms with Crippen molar-refractivity contribution >= 4 is 5.78 Å². The third-order valence-corrected chi connectivity index (χ3v) is 1.67. The molecule has 0 radical (unpaired) electrons. The highest BCUT2D eigenvalue weighted by Crippen LogP contribution is 2.17. The molecule has 0 N–H and O–H groups in total. The standard InChI is InChI=1S/C6H8N2O3/c1-4-5(9)3-7(2)6(4)8(10)11/h3H2,1-2H3. The molecule has 0 bridgehead atoms. The van der Waals surface area contributed by atoms with Crippen molar-refractivity contribution in [2.75, 3.05) is 13.6 Å². The Morgan fingerprint density at radius 3 is 2.36 bits per heavy atom. The summed E-state index contributed by atoms with van der Waals surface area (Å²) in [6.07, 6.45) is 0. The molecule has 1 aliphatic heterocycles. The van der Waals surface area contributed by atoms with Crippen molar-refractivity contribution < 1.29 is 9.72 Å². The van der Waals surface area contributed by atoms with Gasteiger partial charge in [-0.1, -0.05) is 0 Å². The Morgan fingerprint density at radius 2 is 2.18 bits per heavy atom. The van der Waals surface area contributed by atoms with E-state index in [0.29, 0.717) is 0 Å². The van der Waals surface area contributed by atoms with Crippen molar-refractivity contribution in [3.05, 3.63) is 21.5 Å². The quantitative estimate of drug-likeness (QED) is 0.396. The topological polar surface area (TPSA) is 63.5 Å². The number of likely N-dealkylation sites (N-methyl/N-ethyl adjacent to an activating group) is 1. The van der Waals surface area contributed by atoms with Crippen molar-refractivity contribution in [1.29, 1.82) is 0 Å². The zero-order valence-electron chi connectivity index (χ0n) is 6.33. The molecule has 1 rings (SSSR count). The van der Waals surface area contributed by atoms with Gasteiger partial charge in [0.05, 0.1) is 12.6 Å². The van der Waals surface area contributed by atoms with Gasteiger partial charge in [-0.2, -0.15) is 0 Å². The second kappa shape index (κ2) is 2.34. The molecular weight excluding hydrogens is 148 g/mol. The smallest absolute Gasteiger partial charge is 0.325 e. The Labute approximate surface area is 63.4 Å². The third-order valence-electron chi connectivity index (χ3n) is 1.67. The summed E-state index contributed by atoms with van der Waals surface area (Å²) in [6, 6.07) is 0. The van der Waals surface area contributed by atoms with Gasteiger partial charge in [0.25, 0.3) is 0 Å². The summed E-state index contributed by atoms with van der Waals surface area (Å²) < 4.78 is 0. The Bertz CT molecular complexity index is 257. The highest BCUT2D eigenvalue weighted by molar-refractivity contribution is 5.98. The van der Waals surface area contributed by atoms with Gasteiger partial charge in [-0.25, -0.2) is 0 Å². The van der Waals surface area contributed by atoms with E-state index in [1.54, 1.807) is 0 Å². The molecule has 0 unspecified atom stereocenters. The Balaban J connectivity index is 3.06. The zero-order chi connectivity index (χ0) is 8.59. The number of nitrogens with zero attached hydrogens (tertiary/aromatic N) is 2. The maximum atomic E-state index is 10.9. The lowest BCUT2D eigenvalue weighted by Gasteiger charge is -2.04. The molecule has 1 aliphatic rings. The summed E-state index contributed by atoms with van der Waals surface area (Å²) in [4.78, 5) is 22.0. The van der Waals surface area contributed by atoms with E-state index >= 15 is 0 Å². The third kappa shape index (κ3) is 1.09. The first-order valence-corrected chi connectivity index (χ1v) is 3.13. The van der Waals surface area contributed by atoms with Crippen LogP contribution in [0.4, 0.5) is 0 Å². The molecule has 0 aliphatic carbocycles. The Hall–Kier alpha value is -1.39. The molecule has 0 saturated heterocycles. The highest BCUT2D eigenvalue weighted by Gasteiger charge is 2.33. The lowest BCUT2D eigenvalue weighted by molar-refractivity contribution is -0.444. The van der Waals surface area contributed by atoms with Crippen LogP contribution in [0.25, 0.3) is 0 Å². The molecule has 0 amide bonds. The molecular formula is C6H8N2O3. The van der Waals surface area contributed by atoms with Crippen LogP contribution >= 0.6 is 0 Å². The SMILES string of the molecule is CC1=C([N+](=O)[O-])N(C)CC1=O. The minimum atomic E-state index is -0.528. The Kier molecular flexibility index (Phi) is 1.64. The van der Waals surface area contributed by atoms with Gasteiger partial charge in [0.1, 0.15) is 6.54 Å². The minimum absolute atomic E-state index is 0.0741. The number of hydrogen-bond donors (Lipinski definition) is 0. The van der Waals surface area contributed by atoms with Gasteiger partial charge in [0, 0.05) is 0 Å². The van der Waals surface area contributed by atoms with Gasteiger partial charge >= 0.3 is 5.82 Å². The van der Waals surface area contributed by atoms with Crippen LogP contribution < -0.4 is 0 Å². The molecule has 5 heteroatoms. The second-order valence-corrected chi connectivity index (χ2v) is 2.48. The number of hydrogen-bond acceptors (Lipinski definition) is 4. The minimum Gasteiger partial charge on any atom is -0.358 e. The molecule has 0 fully saturated rings. The normalized spacial score (nSPS) is 18.0. The van der Waals surface area contributed by atoms with E-state index in [2.05, 4.69) is 0 Å². The van der Waals surface area contributed by atoms with Crippen molar-refractivity contribution in [2.45, 2.75) is 6.92 Å². The van der Waals surface area contributed by atoms with E-state index in [4.69, 9.17) is 0 Å². The first-order valence-electron chi connectivity index (χ1n) is 3.13. The summed E-state index contributed by atoms with van der Waals surface area (Å²) in [5, 5.41) is 10.3. The lowest BCUT2D eigenvalue weighted by atomic mass is 10.2. The fourth-order valence-electron chi connectivity index (χ4n) is 1.10. The van der Waals surface area contributed by atoms with Gasteiger partial charge in [-0.15, -0.1) is 0 Å². The van der Waals surface area contributed by atoms with Crippen LogP contribution in [0.15, 0.2) is 11.4 Å². The van der Waals surface area contributed by atoms with E-state index in [1.165, 1.54) is 18.9 Å². The number of nitro groups is 1. The Morgan fingerprint density at radius 1 is 1.64 bits per heavy atom. The molecule has 60 valence electrons. The second-order valence-electron chi connectivity index (χ2n) is 2.48. The summed E-state index contributed by atoms with van der Waals surface area (Å²) in [5.41, 5.74) is 0.248. The van der Waals surface area contributed by atoms with Gasteiger partial charge < -0.3 is 10.1 Å². The molecule has 0 saturated carbocycles. The van der Waals surface area contributed by atoms with Crippen LogP contribution in [-0.2, 0) is 4.79 Å². The van der Waals surface area contributed by atoms with Crippen LogP contribution in [-0.4, -0.2) is 29.2 Å². The van der Waals surface area contributed by atoms with E-state index in [9.17, 15) is 14.9 Å². The van der Waals surface area contributed by atoms with E-state index in [1.807, 2.05) is 0 Å². The number of rotatable bonds is 1. The van der Waals surface area contributed by atoms with Crippen LogP contribution in [0.5, 0.6) is 0 Å². The van der Waals surface area contributed by atoms with Crippen molar-refractivity contribution in [2.24, 2.45) is 0 Å². The van der Waals surface area contributed by atoms with E-state index in [0.717, 1.165) is 0 Å². The molecule has 0 spiro atoms. The van der Waals surface area contributed by atoms with Gasteiger partial charge in [0.15, 0.2) is 0 Å². The molecule has 5 nitrogen and oxygen atoms in total. The predicted octanol–water partition coefficient (Wildman–Crippen LogP) is 0.00910. The number of carbonyl (C=O) groups is 1. The molecule has 0 aromatic rings. The summed E-state index contributed by atoms with van der Waals surface area (Å²) in [5.74, 6) is -0.241. The van der Waals surface area contributed by atoms with Crippen LogP contribution in [0, 0.1) is 10.1 Å². The van der Waals surface area contributed by atoms with Crippen LogP contribution in [0.1, 0.15) is 6.92 Å². The molecule has 0 aromatic carbocycles. The van der Waals surface area contributed by atoms with Gasteiger partial charge in [0.2, 0.25) is 5.78 Å². The summed E-state index contributed by atoms with van der Waals surface area (Å²) >= 11 is 0. The maximum Gasteiger partial charge on any atom is 0.325 e. The largest absolute Gasteiger partial charge is 0.358 e. The molecule has 0 atom stereocenters. The van der Waals surface area contributed by atoms with Gasteiger partial charge in [-0.05, 0) is 11.8 Å². The lowest BCUT2D eigenvalue weighted by Crippen LogP contribution is -2.20. The molecule has 1 heterocycles. The van der Waals surface area contributed by atoms with Crippen molar-refractivity contribution in [3.63, 3.8) is 0 Å². The van der Waals surface area contributed by atoms with E-state index < -0.39 is 4.92 Å². The first kappa shape index (κ1) is 7.71.